The molecule has 0 bridgehead atoms. The summed E-state index contributed by atoms with van der Waals surface area (Å²) >= 11 is 25.0. The lowest BCUT2D eigenvalue weighted by Crippen LogP contribution is -2.49. The number of anilines is 1. The maximum absolute atomic E-state index is 15.6. The van der Waals surface area contributed by atoms with Crippen molar-refractivity contribution >= 4 is 69.0 Å². The third kappa shape index (κ3) is 5.38. The Morgan fingerprint density at radius 3 is 2.40 bits per heavy atom. The van der Waals surface area contributed by atoms with E-state index in [2.05, 4.69) is 22.6 Å². The summed E-state index contributed by atoms with van der Waals surface area (Å²) in [5, 5.41) is 20.1. The van der Waals surface area contributed by atoms with Crippen molar-refractivity contribution in [3.63, 3.8) is 0 Å². The van der Waals surface area contributed by atoms with Gasteiger partial charge >= 0.3 is 0 Å². The van der Waals surface area contributed by atoms with Crippen LogP contribution in [0.1, 0.15) is 36.6 Å². The van der Waals surface area contributed by atoms with Crippen LogP contribution in [0.3, 0.4) is 0 Å². The van der Waals surface area contributed by atoms with Crippen LogP contribution < -0.4 is 10.5 Å². The number of pyridine rings is 3. The molecule has 5 rings (SSSR count). The number of carbonyl (C=O) groups is 1. The van der Waals surface area contributed by atoms with Gasteiger partial charge in [-0.15, -0.1) is 0 Å². The number of halogens is 5. The van der Waals surface area contributed by atoms with Gasteiger partial charge in [-0.3, -0.25) is 19.1 Å². The second-order valence-corrected chi connectivity index (χ2v) is 12.2. The Hall–Kier alpha value is -3.88. The van der Waals surface area contributed by atoms with Crippen molar-refractivity contribution in [2.75, 3.05) is 31.1 Å². The summed E-state index contributed by atoms with van der Waals surface area (Å²) in [5.41, 5.74) is 0.215. The van der Waals surface area contributed by atoms with Crippen molar-refractivity contribution in [3.8, 4) is 28.8 Å². The molecule has 232 valence electrons. The maximum atomic E-state index is 15.6. The maximum Gasteiger partial charge on any atom is 0.276 e. The second kappa shape index (κ2) is 12.5. The van der Waals surface area contributed by atoms with E-state index in [4.69, 9.17) is 46.4 Å². The first-order valence-electron chi connectivity index (χ1n) is 13.7. The van der Waals surface area contributed by atoms with Crippen molar-refractivity contribution in [2.45, 2.75) is 26.7 Å². The SMILES string of the molecule is C=CC(=O)N1CCN(c2c(C#N)c(=O)n(-c3c(C)ccnc3C(C)C)c3nc(-c4c(O)c(Cl)c(Cl)c(Cl)c4F)c(Cl)cc23)CC1. The molecule has 4 aromatic rings. The molecule has 0 spiro atoms. The van der Waals surface area contributed by atoms with Gasteiger partial charge in [0, 0.05) is 37.8 Å². The van der Waals surface area contributed by atoms with Gasteiger partial charge in [0.2, 0.25) is 5.91 Å². The Bertz CT molecular complexity index is 1990. The molecule has 0 atom stereocenters. The van der Waals surface area contributed by atoms with E-state index in [0.717, 1.165) is 0 Å². The largest absolute Gasteiger partial charge is 0.506 e. The average molecular weight is 690 g/mol. The summed E-state index contributed by atoms with van der Waals surface area (Å²) in [5.74, 6) is -2.25. The molecule has 1 amide bonds. The van der Waals surface area contributed by atoms with E-state index < -0.39 is 37.8 Å². The zero-order valence-electron chi connectivity index (χ0n) is 24.3. The van der Waals surface area contributed by atoms with Gasteiger partial charge in [0.25, 0.3) is 5.56 Å². The Labute approximate surface area is 277 Å². The van der Waals surface area contributed by atoms with Crippen molar-refractivity contribution in [1.29, 1.82) is 5.26 Å². The van der Waals surface area contributed by atoms with E-state index in [1.165, 1.54) is 16.7 Å². The fourth-order valence-electron chi connectivity index (χ4n) is 5.48. The van der Waals surface area contributed by atoms with Crippen LogP contribution in [0, 0.1) is 24.1 Å². The molecule has 1 aliphatic rings. The standard InChI is InChI=1S/C31H25Cl4FN6O3/c1-5-19(43)40-8-10-41(11-9-40)28-16-12-18(32)26(20-24(36)22(34)21(33)23(35)29(20)44)39-30(16)42(31(45)17(28)13-37)27-15(4)6-7-38-25(27)14(2)3/h5-7,12,14,44H,1,8-11H2,2-4H3. The summed E-state index contributed by atoms with van der Waals surface area (Å²) in [4.78, 5) is 39.2. The first-order valence-corrected chi connectivity index (χ1v) is 15.2. The molecule has 0 saturated carbocycles. The first-order chi connectivity index (χ1) is 21.3. The number of piperazine rings is 1. The monoisotopic (exact) mass is 688 g/mol. The third-order valence-corrected chi connectivity index (χ3v) is 9.26. The molecular formula is C31H25Cl4FN6O3. The van der Waals surface area contributed by atoms with Crippen LogP contribution in [-0.4, -0.2) is 56.6 Å². The van der Waals surface area contributed by atoms with E-state index in [1.807, 2.05) is 18.7 Å². The van der Waals surface area contributed by atoms with Gasteiger partial charge in [0.15, 0.2) is 5.82 Å². The van der Waals surface area contributed by atoms with Crippen LogP contribution in [-0.2, 0) is 4.79 Å². The molecule has 1 saturated heterocycles. The minimum absolute atomic E-state index is 0.0111. The fraction of sp³-hybridized carbons (Fsp3) is 0.258. The lowest BCUT2D eigenvalue weighted by molar-refractivity contribution is -0.126. The van der Waals surface area contributed by atoms with Crippen molar-refractivity contribution < 1.29 is 14.3 Å². The number of phenolic OH excluding ortho intramolecular Hbond substituents is 1. The van der Waals surface area contributed by atoms with Crippen LogP contribution in [0.25, 0.3) is 28.0 Å². The number of carbonyl (C=O) groups excluding carboxylic acids is 1. The predicted octanol–water partition coefficient (Wildman–Crippen LogP) is 7.04. The minimum atomic E-state index is -1.12. The van der Waals surface area contributed by atoms with Gasteiger partial charge in [-0.05, 0) is 36.6 Å². The fourth-order valence-corrected chi connectivity index (χ4v) is 6.33. The molecular weight excluding hydrogens is 665 g/mol. The number of nitrogens with zero attached hydrogens (tertiary/aromatic N) is 6. The number of benzene rings is 1. The first kappa shape index (κ1) is 32.5. The lowest BCUT2D eigenvalue weighted by atomic mass is 10.0. The Balaban J connectivity index is 1.93. The molecule has 45 heavy (non-hydrogen) atoms. The number of amides is 1. The molecule has 0 radical (unpaired) electrons. The van der Waals surface area contributed by atoms with E-state index >= 15 is 4.39 Å². The predicted molar refractivity (Wildman–Crippen MR) is 175 cm³/mol. The van der Waals surface area contributed by atoms with Crippen LogP contribution in [0.5, 0.6) is 5.75 Å². The Kier molecular flexibility index (Phi) is 9.02. The van der Waals surface area contributed by atoms with Crippen molar-refractivity contribution in [1.82, 2.24) is 19.4 Å². The Morgan fingerprint density at radius 1 is 1.13 bits per heavy atom. The summed E-state index contributed by atoms with van der Waals surface area (Å²) in [7, 11) is 0. The quantitative estimate of drug-likeness (QED) is 0.136. The van der Waals surface area contributed by atoms with Gasteiger partial charge < -0.3 is 14.9 Å². The van der Waals surface area contributed by atoms with Crippen LogP contribution in [0.2, 0.25) is 20.1 Å². The van der Waals surface area contributed by atoms with E-state index in [-0.39, 0.29) is 52.5 Å². The second-order valence-electron chi connectivity index (χ2n) is 10.7. The Morgan fingerprint density at radius 2 is 1.80 bits per heavy atom. The highest BCUT2D eigenvalue weighted by Crippen LogP contribution is 2.48. The minimum Gasteiger partial charge on any atom is -0.506 e. The topological polar surface area (TPSA) is 115 Å². The van der Waals surface area contributed by atoms with Crippen LogP contribution >= 0.6 is 46.4 Å². The van der Waals surface area contributed by atoms with Gasteiger partial charge in [-0.25, -0.2) is 9.37 Å². The average Bonchev–Trinajstić information content (AvgIpc) is 3.02. The van der Waals surface area contributed by atoms with Gasteiger partial charge in [-0.2, -0.15) is 5.26 Å². The zero-order valence-corrected chi connectivity index (χ0v) is 27.3. The highest BCUT2D eigenvalue weighted by molar-refractivity contribution is 6.49. The van der Waals surface area contributed by atoms with E-state index in [0.29, 0.717) is 35.4 Å². The molecule has 1 N–H and O–H groups in total. The summed E-state index contributed by atoms with van der Waals surface area (Å²) in [6.45, 7) is 10.3. The highest BCUT2D eigenvalue weighted by atomic mass is 35.5. The normalized spacial score (nSPS) is 13.4. The van der Waals surface area contributed by atoms with Crippen molar-refractivity contribution in [3.05, 3.63) is 84.1 Å². The molecule has 0 unspecified atom stereocenters. The molecule has 1 aromatic carbocycles. The number of aromatic hydroxyl groups is 1. The molecule has 3 aromatic heterocycles. The third-order valence-electron chi connectivity index (χ3n) is 7.67. The smallest absolute Gasteiger partial charge is 0.276 e. The number of fused-ring (bicyclic) bond motifs is 1. The van der Waals surface area contributed by atoms with Gasteiger partial charge in [-0.1, -0.05) is 66.8 Å². The highest BCUT2D eigenvalue weighted by Gasteiger charge is 2.31. The number of aromatic nitrogens is 3. The summed E-state index contributed by atoms with van der Waals surface area (Å²) < 4.78 is 16.9. The van der Waals surface area contributed by atoms with Gasteiger partial charge in [0.1, 0.15) is 28.1 Å². The van der Waals surface area contributed by atoms with Crippen LogP contribution in [0.4, 0.5) is 10.1 Å². The number of hydrogen-bond acceptors (Lipinski definition) is 7. The molecule has 1 aliphatic heterocycles. The van der Waals surface area contributed by atoms with Crippen molar-refractivity contribution in [2.24, 2.45) is 0 Å². The number of phenols is 1. The summed E-state index contributed by atoms with van der Waals surface area (Å²) in [6.07, 6.45) is 2.84. The lowest BCUT2D eigenvalue weighted by Gasteiger charge is -2.36. The number of rotatable bonds is 5. The number of nitriles is 1. The number of aryl methyl sites for hydroxylation is 1. The van der Waals surface area contributed by atoms with E-state index in [1.54, 1.807) is 24.1 Å². The molecule has 1 fully saturated rings. The van der Waals surface area contributed by atoms with Crippen LogP contribution in [0.15, 0.2) is 35.8 Å². The molecule has 9 nitrogen and oxygen atoms in total. The summed E-state index contributed by atoms with van der Waals surface area (Å²) in [6, 6.07) is 5.24. The number of hydrogen-bond donors (Lipinski definition) is 1. The molecule has 0 aliphatic carbocycles. The zero-order chi connectivity index (χ0) is 32.9. The molecule has 4 heterocycles. The molecule has 14 heteroatoms. The van der Waals surface area contributed by atoms with Gasteiger partial charge in [0.05, 0.1) is 43.4 Å². The van der Waals surface area contributed by atoms with E-state index in [9.17, 15) is 20.0 Å².